The third-order valence-corrected chi connectivity index (χ3v) is 6.41. The standard InChI is InChI=1S/C25H24BrN3O4/c26-24-7-2-1-5-21(24)17-27-12-14-28(15-13-27)25(30)20-6-3-4-19(16-20)18-33-23-10-8-22(9-11-23)29(31)32/h1-11,16H,12-15,17-18H2. The van der Waals surface area contributed by atoms with Gasteiger partial charge in [-0.15, -0.1) is 0 Å². The predicted molar refractivity (Wildman–Crippen MR) is 129 cm³/mol. The zero-order chi connectivity index (χ0) is 23.2. The van der Waals surface area contributed by atoms with E-state index in [1.807, 2.05) is 47.4 Å². The van der Waals surface area contributed by atoms with Crippen LogP contribution in [0.15, 0.2) is 77.3 Å². The number of rotatable bonds is 7. The molecule has 0 atom stereocenters. The van der Waals surface area contributed by atoms with Crippen molar-refractivity contribution in [3.63, 3.8) is 0 Å². The van der Waals surface area contributed by atoms with Crippen LogP contribution < -0.4 is 4.74 Å². The van der Waals surface area contributed by atoms with Gasteiger partial charge in [-0.05, 0) is 41.5 Å². The molecule has 0 unspecified atom stereocenters. The van der Waals surface area contributed by atoms with Crippen molar-refractivity contribution < 1.29 is 14.5 Å². The summed E-state index contributed by atoms with van der Waals surface area (Å²) in [5.41, 5.74) is 2.77. The minimum absolute atomic E-state index is 0.0199. The van der Waals surface area contributed by atoms with Crippen LogP contribution in [0.1, 0.15) is 21.5 Å². The lowest BCUT2D eigenvalue weighted by Crippen LogP contribution is -2.48. The molecule has 0 radical (unpaired) electrons. The van der Waals surface area contributed by atoms with E-state index in [9.17, 15) is 14.9 Å². The van der Waals surface area contributed by atoms with E-state index in [4.69, 9.17) is 4.74 Å². The van der Waals surface area contributed by atoms with Gasteiger partial charge in [0.05, 0.1) is 4.92 Å². The van der Waals surface area contributed by atoms with Crippen LogP contribution in [0.4, 0.5) is 5.69 Å². The van der Waals surface area contributed by atoms with E-state index >= 15 is 0 Å². The van der Waals surface area contributed by atoms with Crippen molar-refractivity contribution in [1.29, 1.82) is 0 Å². The number of non-ortho nitro benzene ring substituents is 1. The van der Waals surface area contributed by atoms with Crippen LogP contribution in [-0.4, -0.2) is 46.8 Å². The minimum atomic E-state index is -0.445. The summed E-state index contributed by atoms with van der Waals surface area (Å²) >= 11 is 3.60. The Morgan fingerprint density at radius 3 is 2.39 bits per heavy atom. The number of carbonyl (C=O) groups excluding carboxylic acids is 1. The maximum atomic E-state index is 13.0. The first kappa shape index (κ1) is 22.9. The molecule has 0 aliphatic carbocycles. The lowest BCUT2D eigenvalue weighted by Gasteiger charge is -2.35. The number of benzene rings is 3. The van der Waals surface area contributed by atoms with E-state index < -0.39 is 4.92 Å². The summed E-state index contributed by atoms with van der Waals surface area (Å²) in [5.74, 6) is 0.561. The van der Waals surface area contributed by atoms with Gasteiger partial charge in [0.2, 0.25) is 0 Å². The SMILES string of the molecule is O=C(c1cccc(COc2ccc([N+](=O)[O-])cc2)c1)N1CCN(Cc2ccccc2Br)CC1. The van der Waals surface area contributed by atoms with Crippen molar-refractivity contribution in [2.45, 2.75) is 13.2 Å². The Bertz CT molecular complexity index is 1130. The molecule has 0 saturated carbocycles. The molecule has 0 aromatic heterocycles. The van der Waals surface area contributed by atoms with Gasteiger partial charge in [-0.25, -0.2) is 0 Å². The van der Waals surface area contributed by atoms with Gasteiger partial charge in [-0.3, -0.25) is 19.8 Å². The molecule has 4 rings (SSSR count). The van der Waals surface area contributed by atoms with E-state index in [2.05, 4.69) is 26.9 Å². The molecular weight excluding hydrogens is 486 g/mol. The first-order chi connectivity index (χ1) is 16.0. The Labute approximate surface area is 200 Å². The number of nitro benzene ring substituents is 1. The van der Waals surface area contributed by atoms with Crippen molar-refractivity contribution in [1.82, 2.24) is 9.80 Å². The summed E-state index contributed by atoms with van der Waals surface area (Å²) in [7, 11) is 0. The maximum Gasteiger partial charge on any atom is 0.269 e. The second kappa shape index (κ2) is 10.6. The second-order valence-corrected chi connectivity index (χ2v) is 8.75. The second-order valence-electron chi connectivity index (χ2n) is 7.90. The van der Waals surface area contributed by atoms with Gasteiger partial charge in [-0.1, -0.05) is 46.3 Å². The molecule has 170 valence electrons. The summed E-state index contributed by atoms with van der Waals surface area (Å²) in [6.07, 6.45) is 0. The molecule has 0 spiro atoms. The Morgan fingerprint density at radius 2 is 1.70 bits per heavy atom. The van der Waals surface area contributed by atoms with Crippen LogP contribution in [0.2, 0.25) is 0 Å². The van der Waals surface area contributed by atoms with E-state index in [0.717, 1.165) is 29.7 Å². The maximum absolute atomic E-state index is 13.0. The fourth-order valence-corrected chi connectivity index (χ4v) is 4.19. The molecule has 0 bridgehead atoms. The molecule has 1 aliphatic heterocycles. The molecular formula is C25H24BrN3O4. The first-order valence-corrected chi connectivity index (χ1v) is 11.5. The Balaban J connectivity index is 1.31. The Morgan fingerprint density at radius 1 is 0.970 bits per heavy atom. The molecule has 0 N–H and O–H groups in total. The molecule has 1 amide bonds. The highest BCUT2D eigenvalue weighted by atomic mass is 79.9. The van der Waals surface area contributed by atoms with E-state index in [-0.39, 0.29) is 18.2 Å². The van der Waals surface area contributed by atoms with Crippen LogP contribution in [0, 0.1) is 10.1 Å². The largest absolute Gasteiger partial charge is 0.489 e. The van der Waals surface area contributed by atoms with Crippen LogP contribution in [0.3, 0.4) is 0 Å². The number of nitrogens with zero attached hydrogens (tertiary/aromatic N) is 3. The van der Waals surface area contributed by atoms with Crippen molar-refractivity contribution >= 4 is 27.5 Å². The van der Waals surface area contributed by atoms with Crippen LogP contribution in [0.5, 0.6) is 5.75 Å². The lowest BCUT2D eigenvalue weighted by molar-refractivity contribution is -0.384. The van der Waals surface area contributed by atoms with Gasteiger partial charge in [0.1, 0.15) is 12.4 Å². The smallest absolute Gasteiger partial charge is 0.269 e. The van der Waals surface area contributed by atoms with Gasteiger partial charge in [0, 0.05) is 54.9 Å². The van der Waals surface area contributed by atoms with Gasteiger partial charge in [-0.2, -0.15) is 0 Å². The molecule has 1 saturated heterocycles. The topological polar surface area (TPSA) is 75.9 Å². The van der Waals surface area contributed by atoms with Crippen molar-refractivity contribution in [3.05, 3.63) is 104 Å². The zero-order valence-corrected chi connectivity index (χ0v) is 19.6. The third kappa shape index (κ3) is 5.97. The van der Waals surface area contributed by atoms with E-state index in [1.54, 1.807) is 12.1 Å². The summed E-state index contributed by atoms with van der Waals surface area (Å²) in [5, 5.41) is 10.8. The van der Waals surface area contributed by atoms with Crippen molar-refractivity contribution in [2.24, 2.45) is 0 Å². The number of amides is 1. The summed E-state index contributed by atoms with van der Waals surface area (Å²) < 4.78 is 6.84. The normalized spacial score (nSPS) is 14.2. The summed E-state index contributed by atoms with van der Waals surface area (Å²) in [4.78, 5) is 27.6. The van der Waals surface area contributed by atoms with Crippen molar-refractivity contribution in [2.75, 3.05) is 26.2 Å². The van der Waals surface area contributed by atoms with Gasteiger partial charge < -0.3 is 9.64 Å². The predicted octanol–water partition coefficient (Wildman–Crippen LogP) is 4.89. The monoisotopic (exact) mass is 509 g/mol. The van der Waals surface area contributed by atoms with Crippen LogP contribution in [-0.2, 0) is 13.2 Å². The highest BCUT2D eigenvalue weighted by Gasteiger charge is 2.22. The average Bonchev–Trinajstić information content (AvgIpc) is 2.84. The van der Waals surface area contributed by atoms with E-state index in [1.165, 1.54) is 17.7 Å². The molecule has 33 heavy (non-hydrogen) atoms. The van der Waals surface area contributed by atoms with Gasteiger partial charge >= 0.3 is 0 Å². The van der Waals surface area contributed by atoms with Crippen molar-refractivity contribution in [3.8, 4) is 5.75 Å². The lowest BCUT2D eigenvalue weighted by atomic mass is 10.1. The molecule has 7 nitrogen and oxygen atoms in total. The highest BCUT2D eigenvalue weighted by Crippen LogP contribution is 2.21. The number of hydrogen-bond acceptors (Lipinski definition) is 5. The molecule has 3 aromatic carbocycles. The van der Waals surface area contributed by atoms with Crippen LogP contribution in [0.25, 0.3) is 0 Å². The zero-order valence-electron chi connectivity index (χ0n) is 18.0. The molecule has 1 heterocycles. The minimum Gasteiger partial charge on any atom is -0.489 e. The average molecular weight is 510 g/mol. The van der Waals surface area contributed by atoms with E-state index in [0.29, 0.717) is 24.4 Å². The third-order valence-electron chi connectivity index (χ3n) is 5.64. The number of halogens is 1. The first-order valence-electron chi connectivity index (χ1n) is 10.7. The molecule has 1 aliphatic rings. The van der Waals surface area contributed by atoms with Gasteiger partial charge in [0.15, 0.2) is 0 Å². The fraction of sp³-hybridized carbons (Fsp3) is 0.240. The number of piperazine rings is 1. The number of hydrogen-bond donors (Lipinski definition) is 0. The molecule has 1 fully saturated rings. The summed E-state index contributed by atoms with van der Waals surface area (Å²) in [6, 6.07) is 21.6. The van der Waals surface area contributed by atoms with Gasteiger partial charge in [0.25, 0.3) is 11.6 Å². The van der Waals surface area contributed by atoms with Crippen LogP contribution >= 0.6 is 15.9 Å². The fourth-order valence-electron chi connectivity index (χ4n) is 3.78. The quantitative estimate of drug-likeness (QED) is 0.334. The number of nitro groups is 1. The number of carbonyl (C=O) groups is 1. The summed E-state index contributed by atoms with van der Waals surface area (Å²) in [6.45, 7) is 4.17. The molecule has 3 aromatic rings. The Hall–Kier alpha value is -3.23. The molecule has 8 heteroatoms. The number of ether oxygens (including phenoxy) is 1. The highest BCUT2D eigenvalue weighted by molar-refractivity contribution is 9.10. The Kier molecular flexibility index (Phi) is 7.36.